The standard InChI is InChI=1S/C14H13N5O5S2.Na/c1-2-5-3-25-12-8(11(21)19(12)9(5)13(22)23)17-10(20)7(18-24)6-4-26-14(15)16-6;/h2,4,8,12,24H,1,3H2,(H2,15,16)(H,17,20)(H,22,23);/q;+1/p+2/b18-7-;/t8-,12-;/m1./s1. The third kappa shape index (κ3) is 3.75. The molecule has 0 unspecified atom stereocenters. The quantitative estimate of drug-likeness (QED) is 0.129. The molecule has 2 amide bonds. The number of rotatable bonds is 5. The van der Waals surface area contributed by atoms with Crippen molar-refractivity contribution in [2.24, 2.45) is 5.16 Å². The molecule has 5 N–H and O–H groups in total. The fraction of sp³-hybridized carbons (Fsp3) is 0.214. The molecule has 3 heterocycles. The number of nitrogen functional groups attached to an aromatic ring is 1. The number of hydrogen-bond acceptors (Lipinski definition) is 9. The van der Waals surface area contributed by atoms with Gasteiger partial charge in [0.05, 0.1) is 0 Å². The van der Waals surface area contributed by atoms with Gasteiger partial charge in [0.2, 0.25) is 0 Å². The normalized spacial score (nSPS) is 21.7. The molecular weight excluding hydrogens is 405 g/mol. The van der Waals surface area contributed by atoms with Gasteiger partial charge in [-0.3, -0.25) is 14.5 Å². The van der Waals surface area contributed by atoms with Gasteiger partial charge < -0.3 is 21.4 Å². The number of nitrogens with two attached hydrogens (primary N) is 1. The molecule has 10 nitrogen and oxygen atoms in total. The molecule has 136 valence electrons. The molecule has 0 bridgehead atoms. The first-order valence-corrected chi connectivity index (χ1v) is 9.09. The van der Waals surface area contributed by atoms with E-state index in [1.165, 1.54) is 23.2 Å². The number of nitrogens with zero attached hydrogens (tertiary/aromatic N) is 3. The van der Waals surface area contributed by atoms with Crippen molar-refractivity contribution in [1.29, 1.82) is 0 Å². The van der Waals surface area contributed by atoms with Gasteiger partial charge in [0.15, 0.2) is 10.8 Å². The zero-order chi connectivity index (χ0) is 19.0. The molecule has 27 heavy (non-hydrogen) atoms. The van der Waals surface area contributed by atoms with Gasteiger partial charge in [0.1, 0.15) is 22.8 Å². The Morgan fingerprint density at radius 3 is 2.78 bits per heavy atom. The van der Waals surface area contributed by atoms with E-state index in [1.807, 2.05) is 0 Å². The maximum atomic E-state index is 12.4. The van der Waals surface area contributed by atoms with E-state index in [4.69, 9.17) is 10.9 Å². The molecule has 13 heteroatoms. The average Bonchev–Trinajstić information content (AvgIpc) is 3.04. The van der Waals surface area contributed by atoms with Gasteiger partial charge in [-0.05, 0) is 5.57 Å². The molecule has 0 aliphatic carbocycles. The smallest absolute Gasteiger partial charge is 0.477 e. The van der Waals surface area contributed by atoms with Crippen molar-refractivity contribution in [3.8, 4) is 0 Å². The van der Waals surface area contributed by atoms with Crippen LogP contribution in [0.1, 0.15) is 8.55 Å². The van der Waals surface area contributed by atoms with E-state index in [1.54, 1.807) is 0 Å². The Bertz CT molecular complexity index is 894. The minimum absolute atomic E-state index is 0. The molecule has 0 saturated carbocycles. The zero-order valence-corrected chi connectivity index (χ0v) is 17.7. The number of oxime groups is 1. The molecule has 1 fully saturated rings. The first-order valence-electron chi connectivity index (χ1n) is 7.16. The number of anilines is 1. The number of thioether (sulfide) groups is 1. The van der Waals surface area contributed by atoms with Gasteiger partial charge in [-0.1, -0.05) is 17.8 Å². The van der Waals surface area contributed by atoms with E-state index in [-0.39, 0.29) is 54.6 Å². The topological polar surface area (TPSA) is 158 Å². The van der Waals surface area contributed by atoms with Crippen LogP contribution in [0.15, 0.2) is 34.5 Å². The Hall–Kier alpha value is -1.86. The number of carbonyl (C=O) groups is 3. The van der Waals surface area contributed by atoms with Crippen LogP contribution in [0.4, 0.5) is 5.13 Å². The summed E-state index contributed by atoms with van der Waals surface area (Å²) in [5, 5.41) is 24.9. The van der Waals surface area contributed by atoms with Crippen LogP contribution in [-0.2, 0) is 14.4 Å². The zero-order valence-electron chi connectivity index (χ0n) is 16.1. The van der Waals surface area contributed by atoms with Crippen LogP contribution in [0.2, 0.25) is 0 Å². The molecule has 1 saturated heterocycles. The van der Waals surface area contributed by atoms with Crippen molar-refractivity contribution < 1.29 is 57.1 Å². The Labute approximate surface area is 186 Å². The van der Waals surface area contributed by atoms with Crippen LogP contribution in [-0.4, -0.2) is 60.9 Å². The van der Waals surface area contributed by atoms with Crippen LogP contribution >= 0.6 is 23.1 Å². The van der Waals surface area contributed by atoms with Gasteiger partial charge in [0.25, 0.3) is 11.8 Å². The number of fused-ring (bicyclic) bond motifs is 1. The van der Waals surface area contributed by atoms with Crippen molar-refractivity contribution in [3.63, 3.8) is 0 Å². The van der Waals surface area contributed by atoms with Crippen LogP contribution in [0.5, 0.6) is 0 Å². The Kier molecular flexibility index (Phi) is 6.70. The summed E-state index contributed by atoms with van der Waals surface area (Å²) >= 11 is 2.37. The predicted octanol–water partition coefficient (Wildman–Crippen LogP) is -2.94. The summed E-state index contributed by atoms with van der Waals surface area (Å²) in [6.45, 7) is 3.56. The second-order valence-corrected chi connectivity index (χ2v) is 7.26. The summed E-state index contributed by atoms with van der Waals surface area (Å²) in [6.07, 6.45) is 1.40. The van der Waals surface area contributed by atoms with Crippen molar-refractivity contribution in [1.82, 2.24) is 15.2 Å². The average molecular weight is 420 g/mol. The van der Waals surface area contributed by atoms with Crippen LogP contribution in [0.3, 0.4) is 0 Å². The number of amides is 2. The predicted molar refractivity (Wildman–Crippen MR) is 97.0 cm³/mol. The first-order chi connectivity index (χ1) is 12.4. The van der Waals surface area contributed by atoms with Gasteiger partial charge in [-0.2, -0.15) is 0 Å². The van der Waals surface area contributed by atoms with Gasteiger partial charge >= 0.3 is 38.4 Å². The van der Waals surface area contributed by atoms with Gasteiger partial charge in [-0.15, -0.1) is 23.1 Å². The first kappa shape index (κ1) is 21.4. The Balaban J connectivity index is 0.00000261. The van der Waals surface area contributed by atoms with Gasteiger partial charge in [0, 0.05) is 11.1 Å². The van der Waals surface area contributed by atoms with Crippen molar-refractivity contribution in [2.75, 3.05) is 11.5 Å². The SMILES string of the molecule is C=CC1=C(C(=O)O)N2C(=O)[C@@H](NC(=O)/C(=N\O)c3csc(N)n3)[C@H]2SC1.[H+].[H+].[Na+]. The van der Waals surface area contributed by atoms with E-state index in [9.17, 15) is 19.5 Å². The largest absolute Gasteiger partial charge is 1.00 e. The van der Waals surface area contributed by atoms with Crippen molar-refractivity contribution in [3.05, 3.63) is 35.0 Å². The molecule has 2 aliphatic heterocycles. The van der Waals surface area contributed by atoms with E-state index in [0.717, 1.165) is 16.2 Å². The maximum Gasteiger partial charge on any atom is 1.00 e. The summed E-state index contributed by atoms with van der Waals surface area (Å²) in [6, 6.07) is -0.944. The summed E-state index contributed by atoms with van der Waals surface area (Å²) < 4.78 is 0. The van der Waals surface area contributed by atoms with Crippen molar-refractivity contribution >= 4 is 51.7 Å². The molecule has 1 aromatic heterocycles. The van der Waals surface area contributed by atoms with Crippen molar-refractivity contribution in [2.45, 2.75) is 11.4 Å². The minimum atomic E-state index is -1.24. The molecule has 2 atom stereocenters. The number of aromatic nitrogens is 1. The Morgan fingerprint density at radius 2 is 2.26 bits per heavy atom. The number of hydrogen-bond donors (Lipinski definition) is 4. The molecule has 2 aliphatic rings. The number of β-lactam (4-membered cyclic amide) rings is 1. The van der Waals surface area contributed by atoms with Crippen LogP contribution in [0, 0.1) is 0 Å². The number of aliphatic carboxylic acids is 1. The number of carboxylic acids is 1. The molecular formula is C14H15N5NaO5S2+3. The number of thiazole rings is 1. The third-order valence-corrected chi connectivity index (χ3v) is 5.79. The van der Waals surface area contributed by atoms with E-state index < -0.39 is 29.2 Å². The molecule has 0 aromatic carbocycles. The molecule has 0 radical (unpaired) electrons. The second kappa shape index (κ2) is 8.44. The van der Waals surface area contributed by atoms with Gasteiger partial charge in [-0.25, -0.2) is 9.78 Å². The fourth-order valence-electron chi connectivity index (χ4n) is 2.62. The monoisotopic (exact) mass is 420 g/mol. The maximum absolute atomic E-state index is 12.4. The van der Waals surface area contributed by atoms with E-state index in [2.05, 4.69) is 22.0 Å². The number of carboxylic acid groups (broad SMARTS) is 1. The summed E-state index contributed by atoms with van der Waals surface area (Å²) in [4.78, 5) is 41.2. The molecule has 1 aromatic rings. The summed E-state index contributed by atoms with van der Waals surface area (Å²) in [7, 11) is 0. The summed E-state index contributed by atoms with van der Waals surface area (Å²) in [5.41, 5.74) is 5.49. The molecule has 3 rings (SSSR count). The van der Waals surface area contributed by atoms with Crippen LogP contribution in [0.25, 0.3) is 0 Å². The van der Waals surface area contributed by atoms with Crippen LogP contribution < -0.4 is 40.6 Å². The van der Waals surface area contributed by atoms with E-state index >= 15 is 0 Å². The van der Waals surface area contributed by atoms with E-state index in [0.29, 0.717) is 11.3 Å². The number of allylic oxidation sites excluding steroid dienone is 1. The minimum Gasteiger partial charge on any atom is -0.477 e. The molecule has 0 spiro atoms. The number of nitrogens with one attached hydrogen (secondary N) is 1. The fourth-order valence-corrected chi connectivity index (χ4v) is 4.51. The Morgan fingerprint density at radius 1 is 1.56 bits per heavy atom. The third-order valence-electron chi connectivity index (χ3n) is 3.81. The second-order valence-electron chi connectivity index (χ2n) is 5.26. The summed E-state index contributed by atoms with van der Waals surface area (Å²) in [5.74, 6) is -2.27. The number of carbonyl (C=O) groups excluding carboxylic acids is 2.